The monoisotopic (exact) mass is 286 g/mol. The van der Waals surface area contributed by atoms with E-state index in [2.05, 4.69) is 21.2 Å². The molecule has 1 atom stereocenters. The smallest absolute Gasteiger partial charge is 0.239 e. The van der Waals surface area contributed by atoms with Crippen molar-refractivity contribution >= 4 is 27.5 Å². The number of benzene rings is 1. The number of hydrogen-bond donors (Lipinski definition) is 2. The molecule has 88 valence electrons. The van der Waals surface area contributed by atoms with Crippen molar-refractivity contribution in [1.29, 1.82) is 0 Å². The van der Waals surface area contributed by atoms with E-state index in [-0.39, 0.29) is 11.9 Å². The second kappa shape index (κ2) is 5.75. The van der Waals surface area contributed by atoms with E-state index in [1.807, 2.05) is 25.1 Å². The molecular formula is C11H15BrN2O2. The van der Waals surface area contributed by atoms with Crippen molar-refractivity contribution in [2.75, 3.05) is 12.4 Å². The Balaban J connectivity index is 2.81. The summed E-state index contributed by atoms with van der Waals surface area (Å²) in [4.78, 5) is 11.1. The van der Waals surface area contributed by atoms with Gasteiger partial charge in [-0.3, -0.25) is 4.79 Å². The second-order valence-electron chi connectivity index (χ2n) is 3.36. The van der Waals surface area contributed by atoms with Crippen LogP contribution in [-0.4, -0.2) is 19.1 Å². The van der Waals surface area contributed by atoms with E-state index in [1.54, 1.807) is 7.11 Å². The molecule has 1 rings (SSSR count). The van der Waals surface area contributed by atoms with Crippen molar-refractivity contribution in [3.63, 3.8) is 0 Å². The molecule has 0 radical (unpaired) electrons. The van der Waals surface area contributed by atoms with Crippen LogP contribution < -0.4 is 15.8 Å². The van der Waals surface area contributed by atoms with Crippen LogP contribution in [0.15, 0.2) is 22.7 Å². The molecule has 4 nitrogen and oxygen atoms in total. The quantitative estimate of drug-likeness (QED) is 0.872. The van der Waals surface area contributed by atoms with Crippen LogP contribution in [0.2, 0.25) is 0 Å². The van der Waals surface area contributed by atoms with Gasteiger partial charge in [-0.05, 0) is 40.5 Å². The van der Waals surface area contributed by atoms with E-state index < -0.39 is 0 Å². The van der Waals surface area contributed by atoms with Gasteiger partial charge in [0.25, 0.3) is 0 Å². The van der Waals surface area contributed by atoms with Crippen LogP contribution in [0.5, 0.6) is 5.75 Å². The summed E-state index contributed by atoms with van der Waals surface area (Å²) in [6, 6.07) is 5.17. The Hall–Kier alpha value is -1.23. The average molecular weight is 287 g/mol. The van der Waals surface area contributed by atoms with Crippen LogP contribution in [0.1, 0.15) is 13.3 Å². The highest BCUT2D eigenvalue weighted by molar-refractivity contribution is 9.10. The number of primary amides is 1. The Morgan fingerprint density at radius 2 is 2.31 bits per heavy atom. The molecule has 0 spiro atoms. The summed E-state index contributed by atoms with van der Waals surface area (Å²) in [5.41, 5.74) is 6.08. The number of ether oxygens (including phenoxy) is 1. The molecule has 0 heterocycles. The minimum Gasteiger partial charge on any atom is -0.496 e. The van der Waals surface area contributed by atoms with E-state index in [4.69, 9.17) is 10.5 Å². The number of halogens is 1. The molecule has 0 aliphatic carbocycles. The van der Waals surface area contributed by atoms with Crippen LogP contribution in [-0.2, 0) is 4.79 Å². The average Bonchev–Trinajstić information content (AvgIpc) is 2.25. The van der Waals surface area contributed by atoms with Crippen molar-refractivity contribution in [3.8, 4) is 5.75 Å². The predicted molar refractivity (Wildman–Crippen MR) is 67.6 cm³/mol. The van der Waals surface area contributed by atoms with Gasteiger partial charge < -0.3 is 15.8 Å². The first-order chi connectivity index (χ1) is 7.58. The number of amides is 1. The number of carbonyl (C=O) groups excluding carboxylic acids is 1. The third-order valence-corrected chi connectivity index (χ3v) is 2.86. The summed E-state index contributed by atoms with van der Waals surface area (Å²) in [5.74, 6) is 0.395. The molecule has 0 saturated heterocycles. The first-order valence-corrected chi connectivity index (χ1v) is 5.77. The standard InChI is InChI=1S/C11H15BrN2O2/c1-3-9(11(13)15)14-7-4-5-10(16-2)8(12)6-7/h4-6,9,14H,3H2,1-2H3,(H2,13,15). The number of nitrogens with two attached hydrogens (primary N) is 1. The number of nitrogens with one attached hydrogen (secondary N) is 1. The zero-order valence-corrected chi connectivity index (χ0v) is 10.9. The number of hydrogen-bond acceptors (Lipinski definition) is 3. The minimum absolute atomic E-state index is 0.347. The molecular weight excluding hydrogens is 272 g/mol. The Morgan fingerprint density at radius 3 is 2.75 bits per heavy atom. The summed E-state index contributed by atoms with van der Waals surface area (Å²) in [6.45, 7) is 1.90. The summed E-state index contributed by atoms with van der Waals surface area (Å²) >= 11 is 3.37. The third kappa shape index (κ3) is 3.13. The van der Waals surface area contributed by atoms with Crippen molar-refractivity contribution in [1.82, 2.24) is 0 Å². The number of carbonyl (C=O) groups is 1. The van der Waals surface area contributed by atoms with Crippen LogP contribution in [0, 0.1) is 0 Å². The SMILES string of the molecule is CCC(Nc1ccc(OC)c(Br)c1)C(N)=O. The van der Waals surface area contributed by atoms with Gasteiger partial charge in [0.05, 0.1) is 11.6 Å². The van der Waals surface area contributed by atoms with E-state index in [0.717, 1.165) is 15.9 Å². The highest BCUT2D eigenvalue weighted by Crippen LogP contribution is 2.28. The van der Waals surface area contributed by atoms with Crippen LogP contribution in [0.25, 0.3) is 0 Å². The van der Waals surface area contributed by atoms with Gasteiger partial charge in [0.2, 0.25) is 5.91 Å². The Kier molecular flexibility index (Phi) is 4.61. The van der Waals surface area contributed by atoms with Gasteiger partial charge in [-0.1, -0.05) is 6.92 Å². The molecule has 0 bridgehead atoms. The maximum Gasteiger partial charge on any atom is 0.239 e. The predicted octanol–water partition coefficient (Wildman–Crippen LogP) is 2.13. The van der Waals surface area contributed by atoms with Crippen LogP contribution in [0.3, 0.4) is 0 Å². The Bertz CT molecular complexity index is 382. The summed E-state index contributed by atoms with van der Waals surface area (Å²) < 4.78 is 5.95. The highest BCUT2D eigenvalue weighted by Gasteiger charge is 2.12. The molecule has 1 amide bonds. The zero-order valence-electron chi connectivity index (χ0n) is 9.29. The van der Waals surface area contributed by atoms with Gasteiger partial charge in [0, 0.05) is 5.69 Å². The van der Waals surface area contributed by atoms with E-state index >= 15 is 0 Å². The van der Waals surface area contributed by atoms with Gasteiger partial charge in [-0.2, -0.15) is 0 Å². The van der Waals surface area contributed by atoms with E-state index in [1.165, 1.54) is 0 Å². The lowest BCUT2D eigenvalue weighted by Gasteiger charge is -2.15. The molecule has 0 aliphatic rings. The molecule has 1 unspecified atom stereocenters. The number of methoxy groups -OCH3 is 1. The number of rotatable bonds is 5. The molecule has 0 aliphatic heterocycles. The fourth-order valence-corrected chi connectivity index (χ4v) is 1.87. The summed E-state index contributed by atoms with van der Waals surface area (Å²) in [7, 11) is 1.60. The normalized spacial score (nSPS) is 11.9. The lowest BCUT2D eigenvalue weighted by molar-refractivity contribution is -0.118. The third-order valence-electron chi connectivity index (χ3n) is 2.24. The molecule has 3 N–H and O–H groups in total. The topological polar surface area (TPSA) is 64.3 Å². The fourth-order valence-electron chi connectivity index (χ4n) is 1.33. The van der Waals surface area contributed by atoms with Crippen LogP contribution >= 0.6 is 15.9 Å². The summed E-state index contributed by atoms with van der Waals surface area (Å²) in [5, 5.41) is 3.06. The van der Waals surface area contributed by atoms with E-state index in [0.29, 0.717) is 6.42 Å². The van der Waals surface area contributed by atoms with Gasteiger partial charge in [0.1, 0.15) is 11.8 Å². The number of anilines is 1. The highest BCUT2D eigenvalue weighted by atomic mass is 79.9. The zero-order chi connectivity index (χ0) is 12.1. The Morgan fingerprint density at radius 1 is 1.62 bits per heavy atom. The van der Waals surface area contributed by atoms with Gasteiger partial charge >= 0.3 is 0 Å². The van der Waals surface area contributed by atoms with Crippen molar-refractivity contribution < 1.29 is 9.53 Å². The molecule has 0 saturated carbocycles. The van der Waals surface area contributed by atoms with Crippen molar-refractivity contribution in [2.45, 2.75) is 19.4 Å². The molecule has 0 aromatic heterocycles. The van der Waals surface area contributed by atoms with Crippen molar-refractivity contribution in [2.24, 2.45) is 5.73 Å². The lowest BCUT2D eigenvalue weighted by Crippen LogP contribution is -2.34. The maximum absolute atomic E-state index is 11.1. The first-order valence-electron chi connectivity index (χ1n) is 4.97. The van der Waals surface area contributed by atoms with E-state index in [9.17, 15) is 4.79 Å². The van der Waals surface area contributed by atoms with Gasteiger partial charge in [-0.25, -0.2) is 0 Å². The lowest BCUT2D eigenvalue weighted by atomic mass is 10.2. The molecule has 16 heavy (non-hydrogen) atoms. The minimum atomic E-state index is -0.352. The summed E-state index contributed by atoms with van der Waals surface area (Å²) in [6.07, 6.45) is 0.652. The molecule has 5 heteroatoms. The molecule has 1 aromatic rings. The van der Waals surface area contributed by atoms with Crippen molar-refractivity contribution in [3.05, 3.63) is 22.7 Å². The van der Waals surface area contributed by atoms with Gasteiger partial charge in [-0.15, -0.1) is 0 Å². The Labute approximate surface area is 103 Å². The van der Waals surface area contributed by atoms with Gasteiger partial charge in [0.15, 0.2) is 0 Å². The van der Waals surface area contributed by atoms with Crippen LogP contribution in [0.4, 0.5) is 5.69 Å². The first kappa shape index (κ1) is 12.8. The second-order valence-corrected chi connectivity index (χ2v) is 4.21. The fraction of sp³-hybridized carbons (Fsp3) is 0.364. The molecule has 0 fully saturated rings. The molecule has 1 aromatic carbocycles. The largest absolute Gasteiger partial charge is 0.496 e. The maximum atomic E-state index is 11.1.